The molecule has 1 N–H and O–H groups in total. The fourth-order valence-electron chi connectivity index (χ4n) is 1.94. The Hall–Kier alpha value is -2.11. The van der Waals surface area contributed by atoms with Crippen LogP contribution in [0.25, 0.3) is 0 Å². The van der Waals surface area contributed by atoms with Crippen molar-refractivity contribution in [3.63, 3.8) is 0 Å². The maximum Gasteiger partial charge on any atom is 0.292 e. The van der Waals surface area contributed by atoms with Crippen molar-refractivity contribution in [2.45, 2.75) is 13.2 Å². The van der Waals surface area contributed by atoms with E-state index in [4.69, 9.17) is 16.3 Å². The predicted molar refractivity (Wildman–Crippen MR) is 82.6 cm³/mol. The van der Waals surface area contributed by atoms with Crippen molar-refractivity contribution in [3.8, 4) is 0 Å². The molecule has 2 aromatic rings. The van der Waals surface area contributed by atoms with E-state index >= 15 is 0 Å². The highest BCUT2D eigenvalue weighted by molar-refractivity contribution is 6.30. The quantitative estimate of drug-likeness (QED) is 0.647. The Balaban J connectivity index is 2.00. The van der Waals surface area contributed by atoms with E-state index in [9.17, 15) is 10.1 Å². The van der Waals surface area contributed by atoms with Gasteiger partial charge in [-0.2, -0.15) is 0 Å². The van der Waals surface area contributed by atoms with E-state index in [1.165, 1.54) is 6.07 Å². The molecule has 2 rings (SSSR count). The summed E-state index contributed by atoms with van der Waals surface area (Å²) in [6.45, 7) is 0.708. The monoisotopic (exact) mass is 306 g/mol. The average molecular weight is 307 g/mol. The van der Waals surface area contributed by atoms with Gasteiger partial charge in [-0.25, -0.2) is 0 Å². The van der Waals surface area contributed by atoms with Gasteiger partial charge in [0.15, 0.2) is 0 Å². The predicted octanol–water partition coefficient (Wildman–Crippen LogP) is 4.01. The number of halogens is 1. The average Bonchev–Trinajstić information content (AvgIpc) is 2.47. The lowest BCUT2D eigenvalue weighted by atomic mass is 10.2. The molecule has 0 amide bonds. The number of ether oxygens (including phenoxy) is 1. The third-order valence-electron chi connectivity index (χ3n) is 2.95. The van der Waals surface area contributed by atoms with E-state index in [1.807, 2.05) is 18.2 Å². The summed E-state index contributed by atoms with van der Waals surface area (Å²) in [5.41, 5.74) is 2.24. The highest BCUT2D eigenvalue weighted by Crippen LogP contribution is 2.25. The molecule has 0 aromatic heterocycles. The van der Waals surface area contributed by atoms with Crippen molar-refractivity contribution in [3.05, 3.63) is 68.7 Å². The van der Waals surface area contributed by atoms with Crippen molar-refractivity contribution < 1.29 is 9.66 Å². The van der Waals surface area contributed by atoms with Gasteiger partial charge in [0.1, 0.15) is 5.69 Å². The van der Waals surface area contributed by atoms with E-state index < -0.39 is 4.92 Å². The molecule has 0 radical (unpaired) electrons. The first-order valence-corrected chi connectivity index (χ1v) is 6.75. The number of rotatable bonds is 6. The molecule has 0 aliphatic heterocycles. The maximum atomic E-state index is 11.0. The molecule has 5 nitrogen and oxygen atoms in total. The number of hydrogen-bond acceptors (Lipinski definition) is 4. The number of nitrogens with one attached hydrogen (secondary N) is 1. The van der Waals surface area contributed by atoms with E-state index in [1.54, 1.807) is 25.2 Å². The Labute approximate surface area is 127 Å². The van der Waals surface area contributed by atoms with Crippen molar-refractivity contribution in [1.29, 1.82) is 0 Å². The summed E-state index contributed by atoms with van der Waals surface area (Å²) >= 11 is 5.89. The Kier molecular flexibility index (Phi) is 5.14. The fourth-order valence-corrected chi connectivity index (χ4v) is 2.16. The van der Waals surface area contributed by atoms with Gasteiger partial charge in [-0.15, -0.1) is 0 Å². The summed E-state index contributed by atoms with van der Waals surface area (Å²) < 4.78 is 5.57. The number of nitro benzene ring substituents is 1. The van der Waals surface area contributed by atoms with E-state index in [0.29, 0.717) is 23.9 Å². The van der Waals surface area contributed by atoms with Crippen LogP contribution >= 0.6 is 11.6 Å². The second kappa shape index (κ2) is 7.06. The van der Waals surface area contributed by atoms with Crippen LogP contribution in [0.3, 0.4) is 0 Å². The Morgan fingerprint density at radius 3 is 2.52 bits per heavy atom. The molecule has 0 unspecified atom stereocenters. The molecular weight excluding hydrogens is 292 g/mol. The van der Waals surface area contributed by atoms with E-state index in [-0.39, 0.29) is 5.69 Å². The number of nitro groups is 1. The second-order valence-electron chi connectivity index (χ2n) is 4.48. The van der Waals surface area contributed by atoms with E-state index in [2.05, 4.69) is 5.32 Å². The number of hydrogen-bond donors (Lipinski definition) is 1. The lowest BCUT2D eigenvalue weighted by Gasteiger charge is -2.07. The van der Waals surface area contributed by atoms with Gasteiger partial charge in [0.2, 0.25) is 0 Å². The zero-order valence-corrected chi connectivity index (χ0v) is 12.3. The highest BCUT2D eigenvalue weighted by Gasteiger charge is 2.13. The molecule has 0 saturated heterocycles. The summed E-state index contributed by atoms with van der Waals surface area (Å²) in [5, 5.41) is 14.4. The van der Waals surface area contributed by atoms with Gasteiger partial charge in [0, 0.05) is 18.1 Å². The minimum absolute atomic E-state index is 0.0429. The van der Waals surface area contributed by atoms with E-state index in [0.717, 1.165) is 11.1 Å². The molecule has 0 heterocycles. The second-order valence-corrected chi connectivity index (χ2v) is 4.92. The van der Waals surface area contributed by atoms with Gasteiger partial charge >= 0.3 is 0 Å². The number of anilines is 1. The molecule has 21 heavy (non-hydrogen) atoms. The zero-order chi connectivity index (χ0) is 15.2. The first-order valence-electron chi connectivity index (χ1n) is 6.37. The molecule has 0 aliphatic carbocycles. The highest BCUT2D eigenvalue weighted by atomic mass is 35.5. The molecule has 110 valence electrons. The Morgan fingerprint density at radius 2 is 1.90 bits per heavy atom. The molecule has 6 heteroatoms. The number of nitrogens with zero attached hydrogens (tertiary/aromatic N) is 1. The zero-order valence-electron chi connectivity index (χ0n) is 11.5. The Bertz CT molecular complexity index is 647. The van der Waals surface area contributed by atoms with Gasteiger partial charge in [0.05, 0.1) is 18.1 Å². The molecule has 0 saturated carbocycles. The van der Waals surface area contributed by atoms with Crippen molar-refractivity contribution in [2.75, 3.05) is 12.4 Å². The lowest BCUT2D eigenvalue weighted by molar-refractivity contribution is -0.384. The minimum atomic E-state index is -0.410. The largest absolute Gasteiger partial charge is 0.383 e. The van der Waals surface area contributed by atoms with Crippen LogP contribution in [0.1, 0.15) is 11.1 Å². The summed E-state index contributed by atoms with van der Waals surface area (Å²) in [6.07, 6.45) is 0. The first kappa shape index (κ1) is 15.3. The van der Waals surface area contributed by atoms with Crippen LogP contribution in [-0.4, -0.2) is 12.0 Å². The SMILES string of the molecule is CNc1ccc(COCc2cccc(Cl)c2)cc1[N+](=O)[O-]. The smallest absolute Gasteiger partial charge is 0.292 e. The topological polar surface area (TPSA) is 64.4 Å². The lowest BCUT2D eigenvalue weighted by Crippen LogP contribution is -1.99. The van der Waals surface area contributed by atoms with Crippen LogP contribution in [0.4, 0.5) is 11.4 Å². The van der Waals surface area contributed by atoms with Crippen molar-refractivity contribution >= 4 is 23.0 Å². The van der Waals surface area contributed by atoms with Gasteiger partial charge in [-0.1, -0.05) is 29.8 Å². The molecule has 0 bridgehead atoms. The van der Waals surface area contributed by atoms with Crippen molar-refractivity contribution in [1.82, 2.24) is 0 Å². The van der Waals surface area contributed by atoms with Gasteiger partial charge in [-0.3, -0.25) is 10.1 Å². The van der Waals surface area contributed by atoms with Crippen LogP contribution in [0.15, 0.2) is 42.5 Å². The normalized spacial score (nSPS) is 10.4. The third-order valence-corrected chi connectivity index (χ3v) is 3.19. The van der Waals surface area contributed by atoms with Crippen LogP contribution in [0.5, 0.6) is 0 Å². The molecule has 2 aromatic carbocycles. The van der Waals surface area contributed by atoms with Crippen LogP contribution in [-0.2, 0) is 18.0 Å². The minimum Gasteiger partial charge on any atom is -0.383 e. The summed E-state index contributed by atoms with van der Waals surface area (Å²) in [5.74, 6) is 0. The fraction of sp³-hybridized carbons (Fsp3) is 0.200. The summed E-state index contributed by atoms with van der Waals surface area (Å²) in [7, 11) is 1.65. The summed E-state index contributed by atoms with van der Waals surface area (Å²) in [6, 6.07) is 12.4. The molecule has 0 aliphatic rings. The number of benzene rings is 2. The summed E-state index contributed by atoms with van der Waals surface area (Å²) in [4.78, 5) is 10.6. The van der Waals surface area contributed by atoms with Gasteiger partial charge < -0.3 is 10.1 Å². The van der Waals surface area contributed by atoms with Gasteiger partial charge in [0.25, 0.3) is 5.69 Å². The molecule has 0 spiro atoms. The first-order chi connectivity index (χ1) is 10.1. The van der Waals surface area contributed by atoms with Gasteiger partial charge in [-0.05, 0) is 29.3 Å². The third kappa shape index (κ3) is 4.18. The standard InChI is InChI=1S/C15H15ClN2O3/c1-17-14-6-5-12(8-15(14)18(19)20)10-21-9-11-3-2-4-13(16)7-11/h2-8,17H,9-10H2,1H3. The molecular formula is C15H15ClN2O3. The van der Waals surface area contributed by atoms with Crippen molar-refractivity contribution in [2.24, 2.45) is 0 Å². The maximum absolute atomic E-state index is 11.0. The molecule has 0 atom stereocenters. The van der Waals surface area contributed by atoms with Crippen LogP contribution in [0, 0.1) is 10.1 Å². The van der Waals surface area contributed by atoms with Crippen LogP contribution in [0.2, 0.25) is 5.02 Å². The van der Waals surface area contributed by atoms with Crippen LogP contribution < -0.4 is 5.32 Å². The molecule has 0 fully saturated rings. The Morgan fingerprint density at radius 1 is 1.19 bits per heavy atom.